The predicted octanol–water partition coefficient (Wildman–Crippen LogP) is 7.62. The molecule has 1 unspecified atom stereocenters. The Morgan fingerprint density at radius 2 is 1.54 bits per heavy atom. The summed E-state index contributed by atoms with van der Waals surface area (Å²) in [6.07, 6.45) is 1.83. The van der Waals surface area contributed by atoms with E-state index in [0.29, 0.717) is 24.0 Å². The largest absolute Gasteiger partial charge is 0.486 e. The van der Waals surface area contributed by atoms with Gasteiger partial charge in [0, 0.05) is 17.5 Å². The summed E-state index contributed by atoms with van der Waals surface area (Å²) in [7, 11) is 0. The standard InChI is InChI=1S/C31H49NO3/c1-21(2)18-29(25(7)34-24(6)23(5)33)32-26(8)31(12,20-28-16-14-13-15-17-28)35-27(9)30(10,11)19-22(3)4/h13-17,21-22,24,29,32H,7-9,18-20H2,1-6,10-12H3/t24-,29?,31-/m1/s1. The number of Topliss-reactive ketones (excluding diaryl/α,β-unsaturated/α-hetero) is 1. The van der Waals surface area contributed by atoms with E-state index in [1.165, 1.54) is 6.92 Å². The van der Waals surface area contributed by atoms with Crippen LogP contribution in [0.15, 0.2) is 67.3 Å². The van der Waals surface area contributed by atoms with Crippen LogP contribution in [0.4, 0.5) is 0 Å². The van der Waals surface area contributed by atoms with Crippen molar-refractivity contribution in [3.8, 4) is 0 Å². The first-order valence-electron chi connectivity index (χ1n) is 12.8. The Labute approximate surface area is 214 Å². The third-order valence-electron chi connectivity index (χ3n) is 6.39. The van der Waals surface area contributed by atoms with Gasteiger partial charge in [0.05, 0.1) is 11.8 Å². The monoisotopic (exact) mass is 483 g/mol. The van der Waals surface area contributed by atoms with Crippen molar-refractivity contribution in [1.29, 1.82) is 0 Å². The fraction of sp³-hybridized carbons (Fsp3) is 0.581. The maximum atomic E-state index is 11.8. The van der Waals surface area contributed by atoms with Crippen LogP contribution in [0.2, 0.25) is 0 Å². The Morgan fingerprint density at radius 3 is 2.03 bits per heavy atom. The lowest BCUT2D eigenvalue weighted by Crippen LogP contribution is -2.45. The van der Waals surface area contributed by atoms with Gasteiger partial charge >= 0.3 is 0 Å². The molecule has 0 bridgehead atoms. The van der Waals surface area contributed by atoms with Crippen LogP contribution in [0.5, 0.6) is 0 Å². The summed E-state index contributed by atoms with van der Waals surface area (Å²) in [6, 6.07) is 10.1. The van der Waals surface area contributed by atoms with Crippen molar-refractivity contribution >= 4 is 5.78 Å². The van der Waals surface area contributed by atoms with Crippen LogP contribution in [-0.2, 0) is 20.7 Å². The zero-order valence-corrected chi connectivity index (χ0v) is 23.7. The number of benzene rings is 1. The van der Waals surface area contributed by atoms with E-state index in [2.05, 4.69) is 85.7 Å². The second-order valence-corrected chi connectivity index (χ2v) is 11.5. The van der Waals surface area contributed by atoms with Crippen molar-refractivity contribution in [3.05, 3.63) is 72.8 Å². The molecular formula is C31H49NO3. The molecule has 4 heteroatoms. The maximum absolute atomic E-state index is 11.8. The van der Waals surface area contributed by atoms with Crippen LogP contribution in [0, 0.1) is 17.3 Å². The number of rotatable bonds is 16. The number of ketones is 1. The van der Waals surface area contributed by atoms with Gasteiger partial charge in [-0.3, -0.25) is 4.79 Å². The zero-order chi connectivity index (χ0) is 27.0. The molecular weight excluding hydrogens is 434 g/mol. The minimum absolute atomic E-state index is 0.0331. The number of hydrogen-bond acceptors (Lipinski definition) is 4. The molecule has 1 aromatic carbocycles. The van der Waals surface area contributed by atoms with Gasteiger partial charge in [0.2, 0.25) is 0 Å². The number of hydrogen-bond donors (Lipinski definition) is 1. The molecule has 3 atom stereocenters. The summed E-state index contributed by atoms with van der Waals surface area (Å²) in [5.74, 6) is 2.15. The predicted molar refractivity (Wildman–Crippen MR) is 148 cm³/mol. The zero-order valence-electron chi connectivity index (χ0n) is 23.7. The van der Waals surface area contributed by atoms with Crippen molar-refractivity contribution < 1.29 is 14.3 Å². The van der Waals surface area contributed by atoms with Gasteiger partial charge < -0.3 is 14.8 Å². The highest BCUT2D eigenvalue weighted by atomic mass is 16.5. The normalized spacial score (nSPS) is 15.2. The number of ether oxygens (including phenoxy) is 2. The Hall–Kier alpha value is -2.49. The van der Waals surface area contributed by atoms with E-state index in [0.717, 1.165) is 29.9 Å². The second-order valence-electron chi connectivity index (χ2n) is 11.5. The van der Waals surface area contributed by atoms with Gasteiger partial charge in [0.1, 0.15) is 11.4 Å². The SMILES string of the molecule is C=C(O[C@H](C)C(C)=O)C(CC(C)C)NC(=C)[C@@](C)(Cc1ccccc1)OC(=C)C(C)(C)CC(C)C. The van der Waals surface area contributed by atoms with E-state index in [1.807, 2.05) is 18.2 Å². The van der Waals surface area contributed by atoms with Gasteiger partial charge in [-0.2, -0.15) is 0 Å². The number of carbonyl (C=O) groups excluding carboxylic acids is 1. The summed E-state index contributed by atoms with van der Waals surface area (Å²) in [4.78, 5) is 11.8. The molecule has 0 heterocycles. The molecule has 1 rings (SSSR count). The van der Waals surface area contributed by atoms with Crippen molar-refractivity contribution in [2.24, 2.45) is 17.3 Å². The molecule has 1 aromatic rings. The number of nitrogens with one attached hydrogen (secondary N) is 1. The molecule has 0 amide bonds. The Balaban J connectivity index is 3.26. The van der Waals surface area contributed by atoms with E-state index >= 15 is 0 Å². The van der Waals surface area contributed by atoms with Crippen LogP contribution in [0.25, 0.3) is 0 Å². The van der Waals surface area contributed by atoms with Gasteiger partial charge in [-0.15, -0.1) is 0 Å². The Bertz CT molecular complexity index is 868. The maximum Gasteiger partial charge on any atom is 0.169 e. The minimum Gasteiger partial charge on any atom is -0.486 e. The summed E-state index contributed by atoms with van der Waals surface area (Å²) >= 11 is 0. The van der Waals surface area contributed by atoms with E-state index in [1.54, 1.807) is 6.92 Å². The van der Waals surface area contributed by atoms with Crippen molar-refractivity contribution in [2.45, 2.75) is 99.3 Å². The quantitative estimate of drug-likeness (QED) is 0.246. The highest BCUT2D eigenvalue weighted by molar-refractivity contribution is 5.80. The lowest BCUT2D eigenvalue weighted by atomic mass is 9.82. The first-order valence-corrected chi connectivity index (χ1v) is 12.8. The molecule has 4 nitrogen and oxygen atoms in total. The molecule has 0 radical (unpaired) electrons. The highest BCUT2D eigenvalue weighted by Gasteiger charge is 2.37. The van der Waals surface area contributed by atoms with Gasteiger partial charge in [-0.1, -0.05) is 91.6 Å². The lowest BCUT2D eigenvalue weighted by Gasteiger charge is -2.40. The second kappa shape index (κ2) is 13.0. The van der Waals surface area contributed by atoms with Crippen LogP contribution in [0.3, 0.4) is 0 Å². The average Bonchev–Trinajstić information content (AvgIpc) is 2.72. The summed E-state index contributed by atoms with van der Waals surface area (Å²) in [5.41, 5.74) is 0.934. The van der Waals surface area contributed by atoms with E-state index in [4.69, 9.17) is 9.47 Å². The molecule has 0 aliphatic rings. The molecule has 196 valence electrons. The molecule has 0 aromatic heterocycles. The summed E-state index contributed by atoms with van der Waals surface area (Å²) in [5, 5.41) is 3.55. The topological polar surface area (TPSA) is 47.6 Å². The summed E-state index contributed by atoms with van der Waals surface area (Å²) < 4.78 is 12.6. The molecule has 0 saturated heterocycles. The average molecular weight is 484 g/mol. The minimum atomic E-state index is -0.756. The van der Waals surface area contributed by atoms with Crippen LogP contribution in [0.1, 0.15) is 80.7 Å². The van der Waals surface area contributed by atoms with Crippen LogP contribution >= 0.6 is 0 Å². The van der Waals surface area contributed by atoms with Gasteiger partial charge in [0.15, 0.2) is 11.9 Å². The highest BCUT2D eigenvalue weighted by Crippen LogP contribution is 2.38. The van der Waals surface area contributed by atoms with E-state index in [9.17, 15) is 4.79 Å². The third-order valence-corrected chi connectivity index (χ3v) is 6.39. The van der Waals surface area contributed by atoms with Gasteiger partial charge in [-0.25, -0.2) is 0 Å². The molecule has 0 aliphatic heterocycles. The van der Waals surface area contributed by atoms with E-state index in [-0.39, 0.29) is 17.2 Å². The molecule has 35 heavy (non-hydrogen) atoms. The Kier molecular flexibility index (Phi) is 11.3. The molecule has 0 spiro atoms. The molecule has 1 N–H and O–H groups in total. The summed E-state index contributed by atoms with van der Waals surface area (Å²) in [6.45, 7) is 31.3. The van der Waals surface area contributed by atoms with E-state index < -0.39 is 11.7 Å². The molecule has 0 fully saturated rings. The van der Waals surface area contributed by atoms with Gasteiger partial charge in [0.25, 0.3) is 0 Å². The molecule has 0 aliphatic carbocycles. The fourth-order valence-electron chi connectivity index (χ4n) is 4.23. The first kappa shape index (κ1) is 30.5. The molecule has 0 saturated carbocycles. The third kappa shape index (κ3) is 9.95. The lowest BCUT2D eigenvalue weighted by molar-refractivity contribution is -0.125. The van der Waals surface area contributed by atoms with Crippen LogP contribution < -0.4 is 5.32 Å². The smallest absolute Gasteiger partial charge is 0.169 e. The Morgan fingerprint density at radius 1 is 0.971 bits per heavy atom. The number of carbonyl (C=O) groups is 1. The van der Waals surface area contributed by atoms with Crippen molar-refractivity contribution in [2.75, 3.05) is 0 Å². The van der Waals surface area contributed by atoms with Crippen molar-refractivity contribution in [1.82, 2.24) is 5.32 Å². The first-order chi connectivity index (χ1) is 16.1. The van der Waals surface area contributed by atoms with Crippen LogP contribution in [-0.4, -0.2) is 23.5 Å². The van der Waals surface area contributed by atoms with Crippen molar-refractivity contribution in [3.63, 3.8) is 0 Å². The van der Waals surface area contributed by atoms with Gasteiger partial charge in [-0.05, 0) is 51.0 Å². The number of allylic oxidation sites excluding steroid dienone is 1. The fourth-order valence-corrected chi connectivity index (χ4v) is 4.23.